The van der Waals surface area contributed by atoms with E-state index in [-0.39, 0.29) is 31.3 Å². The Bertz CT molecular complexity index is 719. The quantitative estimate of drug-likeness (QED) is 0.865. The molecule has 21 heavy (non-hydrogen) atoms. The van der Waals surface area contributed by atoms with Gasteiger partial charge in [-0.25, -0.2) is 8.42 Å². The summed E-state index contributed by atoms with van der Waals surface area (Å²) in [4.78, 5) is -0.104. The molecule has 0 atom stereocenters. The maximum atomic E-state index is 12.6. The molecule has 7 heteroatoms. The Kier molecular flexibility index (Phi) is 4.10. The van der Waals surface area contributed by atoms with E-state index in [1.54, 1.807) is 13.8 Å². The molecule has 0 bridgehead atoms. The Morgan fingerprint density at radius 2 is 1.14 bits per heavy atom. The van der Waals surface area contributed by atoms with Crippen molar-refractivity contribution in [2.75, 3.05) is 0 Å². The number of hydrogen-bond donors (Lipinski definition) is 2. The zero-order valence-corrected chi connectivity index (χ0v) is 13.5. The highest BCUT2D eigenvalue weighted by atomic mass is 35.5. The Balaban J connectivity index is 2.68. The maximum absolute atomic E-state index is 12.6. The molecule has 0 heterocycles. The lowest BCUT2D eigenvalue weighted by Crippen LogP contribution is -2.03. The van der Waals surface area contributed by atoms with Crippen LogP contribution in [0.1, 0.15) is 11.1 Å². The fourth-order valence-corrected chi connectivity index (χ4v) is 4.00. The molecule has 0 radical (unpaired) electrons. The van der Waals surface area contributed by atoms with Gasteiger partial charge in [0.05, 0.1) is 19.8 Å². The van der Waals surface area contributed by atoms with E-state index in [9.17, 15) is 18.6 Å². The highest BCUT2D eigenvalue weighted by Crippen LogP contribution is 2.35. The first-order valence-corrected chi connectivity index (χ1v) is 8.12. The first-order chi connectivity index (χ1) is 9.64. The number of hydrogen-bond acceptors (Lipinski definition) is 4. The minimum absolute atomic E-state index is 0.0461. The van der Waals surface area contributed by atoms with Gasteiger partial charge in [-0.05, 0) is 49.2 Å². The van der Waals surface area contributed by atoms with Gasteiger partial charge in [0.15, 0.2) is 0 Å². The second kappa shape index (κ2) is 5.40. The second-order valence-corrected chi connectivity index (χ2v) is 7.41. The van der Waals surface area contributed by atoms with Gasteiger partial charge >= 0.3 is 0 Å². The molecule has 0 aromatic heterocycles. The molecule has 0 amide bonds. The average molecular weight is 347 g/mol. The lowest BCUT2D eigenvalue weighted by atomic mass is 10.2. The van der Waals surface area contributed by atoms with E-state index in [4.69, 9.17) is 23.2 Å². The topological polar surface area (TPSA) is 74.6 Å². The number of benzene rings is 2. The van der Waals surface area contributed by atoms with E-state index in [0.29, 0.717) is 11.1 Å². The van der Waals surface area contributed by atoms with Crippen LogP contribution in [0.4, 0.5) is 0 Å². The molecule has 2 rings (SSSR count). The fourth-order valence-electron chi connectivity index (χ4n) is 1.86. The Morgan fingerprint density at radius 1 is 0.810 bits per heavy atom. The summed E-state index contributed by atoms with van der Waals surface area (Å²) in [5.74, 6) is -0.314. The number of aromatic hydroxyl groups is 2. The van der Waals surface area contributed by atoms with Crippen molar-refractivity contribution in [3.8, 4) is 11.5 Å². The number of aryl methyl sites for hydroxylation is 2. The zero-order chi connectivity index (χ0) is 15.9. The van der Waals surface area contributed by atoms with Crippen LogP contribution in [0.2, 0.25) is 10.0 Å². The molecule has 4 nitrogen and oxygen atoms in total. The van der Waals surface area contributed by atoms with Crippen molar-refractivity contribution in [1.29, 1.82) is 0 Å². The van der Waals surface area contributed by atoms with Gasteiger partial charge in [-0.2, -0.15) is 0 Å². The van der Waals surface area contributed by atoms with Crippen LogP contribution in [-0.4, -0.2) is 18.6 Å². The number of phenols is 2. The first kappa shape index (κ1) is 15.9. The van der Waals surface area contributed by atoms with Crippen LogP contribution in [0.5, 0.6) is 11.5 Å². The van der Waals surface area contributed by atoms with Gasteiger partial charge in [0.2, 0.25) is 9.84 Å². The predicted octanol–water partition coefficient (Wildman–Crippen LogP) is 3.85. The average Bonchev–Trinajstić information content (AvgIpc) is 2.40. The highest BCUT2D eigenvalue weighted by molar-refractivity contribution is 7.91. The van der Waals surface area contributed by atoms with Crippen molar-refractivity contribution < 1.29 is 18.6 Å². The van der Waals surface area contributed by atoms with Gasteiger partial charge < -0.3 is 10.2 Å². The van der Waals surface area contributed by atoms with Gasteiger partial charge in [-0.15, -0.1) is 0 Å². The molecular weight excluding hydrogens is 335 g/mol. The van der Waals surface area contributed by atoms with Crippen molar-refractivity contribution in [3.63, 3.8) is 0 Å². The van der Waals surface area contributed by atoms with Crippen LogP contribution in [0.15, 0.2) is 34.1 Å². The molecule has 0 aliphatic rings. The Hall–Kier alpha value is -1.43. The van der Waals surface area contributed by atoms with Crippen LogP contribution >= 0.6 is 23.2 Å². The van der Waals surface area contributed by atoms with E-state index < -0.39 is 9.84 Å². The van der Waals surface area contributed by atoms with E-state index >= 15 is 0 Å². The standard InChI is InChI=1S/C14H12Cl2O4S/c1-7-3-9(5-11(15)13(7)17)21(19,20)10-4-8(2)14(18)12(16)6-10/h3-6,17-18H,1-2H3. The van der Waals surface area contributed by atoms with E-state index in [1.807, 2.05) is 0 Å². The molecule has 2 N–H and O–H groups in total. The summed E-state index contributed by atoms with van der Waals surface area (Å²) in [6, 6.07) is 5.00. The van der Waals surface area contributed by atoms with Gasteiger partial charge in [-0.3, -0.25) is 0 Å². The van der Waals surface area contributed by atoms with Crippen LogP contribution in [-0.2, 0) is 9.84 Å². The molecule has 112 valence electrons. The smallest absolute Gasteiger partial charge is 0.206 e. The van der Waals surface area contributed by atoms with Crippen molar-refractivity contribution >= 4 is 33.0 Å². The van der Waals surface area contributed by atoms with Crippen LogP contribution in [0, 0.1) is 13.8 Å². The Morgan fingerprint density at radius 3 is 1.43 bits per heavy atom. The van der Waals surface area contributed by atoms with E-state index in [0.717, 1.165) is 0 Å². The fraction of sp³-hybridized carbons (Fsp3) is 0.143. The van der Waals surface area contributed by atoms with E-state index in [1.165, 1.54) is 24.3 Å². The number of phenolic OH excluding ortho intramolecular Hbond substituents is 2. The van der Waals surface area contributed by atoms with Crippen molar-refractivity contribution in [1.82, 2.24) is 0 Å². The van der Waals surface area contributed by atoms with Gasteiger partial charge in [0.1, 0.15) is 11.5 Å². The molecule has 2 aromatic carbocycles. The minimum Gasteiger partial charge on any atom is -0.506 e. The maximum Gasteiger partial charge on any atom is 0.206 e. The summed E-state index contributed by atoms with van der Waals surface area (Å²) < 4.78 is 25.2. The van der Waals surface area contributed by atoms with Crippen molar-refractivity contribution in [3.05, 3.63) is 45.4 Å². The molecule has 0 fully saturated rings. The highest BCUT2D eigenvalue weighted by Gasteiger charge is 2.22. The third-order valence-corrected chi connectivity index (χ3v) is 5.36. The lowest BCUT2D eigenvalue weighted by molar-refractivity contribution is 0.470. The summed E-state index contributed by atoms with van der Waals surface area (Å²) in [6.45, 7) is 3.10. The number of rotatable bonds is 2. The van der Waals surface area contributed by atoms with Gasteiger partial charge in [0, 0.05) is 0 Å². The molecule has 0 aliphatic heterocycles. The normalized spacial score (nSPS) is 11.6. The zero-order valence-electron chi connectivity index (χ0n) is 11.2. The summed E-state index contributed by atoms with van der Waals surface area (Å²) >= 11 is 11.6. The van der Waals surface area contributed by atoms with Crippen molar-refractivity contribution in [2.24, 2.45) is 0 Å². The molecule has 2 aromatic rings. The SMILES string of the molecule is Cc1cc(S(=O)(=O)c2cc(C)c(O)c(Cl)c2)cc(Cl)c1O. The van der Waals surface area contributed by atoms with Gasteiger partial charge in [0.25, 0.3) is 0 Å². The summed E-state index contributed by atoms with van der Waals surface area (Å²) in [5.41, 5.74) is 0.699. The molecule has 0 aliphatic carbocycles. The molecule has 0 unspecified atom stereocenters. The molecule has 0 saturated heterocycles. The Labute approximate surface area is 132 Å². The molecular formula is C14H12Cl2O4S. The minimum atomic E-state index is -3.85. The van der Waals surface area contributed by atoms with E-state index in [2.05, 4.69) is 0 Å². The predicted molar refractivity (Wildman–Crippen MR) is 81.2 cm³/mol. The molecule has 0 spiro atoms. The largest absolute Gasteiger partial charge is 0.506 e. The summed E-state index contributed by atoms with van der Waals surface area (Å²) in [5, 5.41) is 19.1. The van der Waals surface area contributed by atoms with Crippen molar-refractivity contribution in [2.45, 2.75) is 23.6 Å². The third-order valence-electron chi connectivity index (χ3n) is 3.08. The number of halogens is 2. The van der Waals surface area contributed by atoms with Crippen LogP contribution in [0.25, 0.3) is 0 Å². The first-order valence-electron chi connectivity index (χ1n) is 5.88. The lowest BCUT2D eigenvalue weighted by Gasteiger charge is -2.10. The third kappa shape index (κ3) is 2.81. The summed E-state index contributed by atoms with van der Waals surface area (Å²) in [6.07, 6.45) is 0. The van der Waals surface area contributed by atoms with Crippen LogP contribution < -0.4 is 0 Å². The second-order valence-electron chi connectivity index (χ2n) is 4.64. The van der Waals surface area contributed by atoms with Gasteiger partial charge in [-0.1, -0.05) is 23.2 Å². The van der Waals surface area contributed by atoms with Crippen LogP contribution in [0.3, 0.4) is 0 Å². The monoisotopic (exact) mass is 346 g/mol. The number of sulfone groups is 1. The summed E-state index contributed by atoms with van der Waals surface area (Å²) in [7, 11) is -3.85. The molecule has 0 saturated carbocycles.